The van der Waals surface area contributed by atoms with Gasteiger partial charge in [-0.05, 0) is 19.3 Å². The molecule has 5 nitrogen and oxygen atoms in total. The average molecular weight is 279 g/mol. The zero-order chi connectivity index (χ0) is 13.0. The van der Waals surface area contributed by atoms with Gasteiger partial charge in [-0.1, -0.05) is 6.92 Å². The number of nitrogens with two attached hydrogens (primary N) is 1. The second-order valence-electron chi connectivity index (χ2n) is 4.91. The number of hydrogen-bond acceptors (Lipinski definition) is 4. The average Bonchev–Trinajstić information content (AvgIpc) is 2.73. The van der Waals surface area contributed by atoms with E-state index in [0.717, 1.165) is 19.3 Å². The molecule has 106 valence electrons. The van der Waals surface area contributed by atoms with Crippen LogP contribution in [0.15, 0.2) is 0 Å². The van der Waals surface area contributed by atoms with Crippen molar-refractivity contribution in [3.8, 4) is 0 Å². The van der Waals surface area contributed by atoms with Crippen LogP contribution in [0.1, 0.15) is 26.2 Å². The maximum atomic E-state index is 12.1. The van der Waals surface area contributed by atoms with Gasteiger partial charge in [0, 0.05) is 25.6 Å². The van der Waals surface area contributed by atoms with Gasteiger partial charge in [0.2, 0.25) is 5.91 Å². The third-order valence-corrected chi connectivity index (χ3v) is 3.35. The quantitative estimate of drug-likeness (QED) is 0.772. The predicted octanol–water partition coefficient (Wildman–Crippen LogP) is 0.803. The molecule has 0 heterocycles. The number of carbonyl (C=O) groups excluding carboxylic acids is 2. The first-order valence-electron chi connectivity index (χ1n) is 6.04. The van der Waals surface area contributed by atoms with Gasteiger partial charge in [0.25, 0.3) is 0 Å². The van der Waals surface area contributed by atoms with Crippen LogP contribution in [0.2, 0.25) is 0 Å². The van der Waals surface area contributed by atoms with Gasteiger partial charge < -0.3 is 15.4 Å². The topological polar surface area (TPSA) is 72.6 Å². The highest BCUT2D eigenvalue weighted by Crippen LogP contribution is 2.25. The number of rotatable bonds is 4. The van der Waals surface area contributed by atoms with Gasteiger partial charge in [0.15, 0.2) is 0 Å². The Morgan fingerprint density at radius 2 is 2.06 bits per heavy atom. The van der Waals surface area contributed by atoms with E-state index in [1.54, 1.807) is 18.9 Å². The molecular weight excluding hydrogens is 256 g/mol. The Morgan fingerprint density at radius 3 is 2.50 bits per heavy atom. The largest absolute Gasteiger partial charge is 0.469 e. The molecule has 2 N–H and O–H groups in total. The second-order valence-corrected chi connectivity index (χ2v) is 4.91. The van der Waals surface area contributed by atoms with Gasteiger partial charge >= 0.3 is 5.97 Å². The summed E-state index contributed by atoms with van der Waals surface area (Å²) in [7, 11) is 3.09. The van der Waals surface area contributed by atoms with Crippen molar-refractivity contribution in [2.24, 2.45) is 17.6 Å². The molecule has 6 heteroatoms. The van der Waals surface area contributed by atoms with Crippen molar-refractivity contribution in [3.05, 3.63) is 0 Å². The third kappa shape index (κ3) is 4.46. The van der Waals surface area contributed by atoms with Crippen molar-refractivity contribution >= 4 is 24.3 Å². The predicted molar refractivity (Wildman–Crippen MR) is 71.4 cm³/mol. The lowest BCUT2D eigenvalue weighted by molar-refractivity contribution is -0.146. The molecule has 1 aliphatic rings. The molecule has 3 unspecified atom stereocenters. The Labute approximate surface area is 114 Å². The normalized spacial score (nSPS) is 24.0. The number of nitrogens with zero attached hydrogens (tertiary/aromatic N) is 1. The first-order chi connectivity index (χ1) is 7.95. The van der Waals surface area contributed by atoms with E-state index in [-0.39, 0.29) is 42.2 Å². The van der Waals surface area contributed by atoms with Crippen LogP contribution in [-0.2, 0) is 14.3 Å². The summed E-state index contributed by atoms with van der Waals surface area (Å²) >= 11 is 0. The van der Waals surface area contributed by atoms with E-state index in [9.17, 15) is 9.59 Å². The molecule has 0 aromatic carbocycles. The zero-order valence-corrected chi connectivity index (χ0v) is 12.0. The standard InChI is InChI=1S/C12H22N2O3.ClH/c1-8(12(16)17-3)7-14(2)11(15)9-4-5-10(13)6-9;/h8-10H,4-7,13H2,1-3H3;1H. The fourth-order valence-electron chi connectivity index (χ4n) is 2.33. The molecular formula is C12H23ClN2O3. The number of carbonyl (C=O) groups is 2. The van der Waals surface area contributed by atoms with Gasteiger partial charge in [-0.3, -0.25) is 9.59 Å². The Hall–Kier alpha value is -0.810. The maximum Gasteiger partial charge on any atom is 0.310 e. The van der Waals surface area contributed by atoms with Crippen LogP contribution < -0.4 is 5.73 Å². The number of hydrogen-bond donors (Lipinski definition) is 1. The van der Waals surface area contributed by atoms with E-state index in [4.69, 9.17) is 5.73 Å². The lowest BCUT2D eigenvalue weighted by Crippen LogP contribution is -2.37. The number of halogens is 1. The summed E-state index contributed by atoms with van der Waals surface area (Å²) in [6.45, 7) is 2.16. The fraction of sp³-hybridized carbons (Fsp3) is 0.833. The highest BCUT2D eigenvalue weighted by molar-refractivity contribution is 5.85. The molecule has 0 spiro atoms. The van der Waals surface area contributed by atoms with Crippen LogP contribution in [-0.4, -0.2) is 43.5 Å². The molecule has 18 heavy (non-hydrogen) atoms. The van der Waals surface area contributed by atoms with Crippen LogP contribution in [0.5, 0.6) is 0 Å². The molecule has 0 aromatic heterocycles. The summed E-state index contributed by atoms with van der Waals surface area (Å²) in [5.41, 5.74) is 5.79. The second kappa shape index (κ2) is 7.59. The fourth-order valence-corrected chi connectivity index (χ4v) is 2.33. The SMILES string of the molecule is COC(=O)C(C)CN(C)C(=O)C1CCC(N)C1.Cl. The molecule has 1 rings (SSSR count). The van der Waals surface area contributed by atoms with E-state index in [2.05, 4.69) is 4.74 Å². The molecule has 0 saturated heterocycles. The molecule has 1 saturated carbocycles. The Balaban J connectivity index is 0.00000289. The maximum absolute atomic E-state index is 12.1. The minimum atomic E-state index is -0.288. The summed E-state index contributed by atoms with van der Waals surface area (Å²) in [4.78, 5) is 24.9. The molecule has 1 fully saturated rings. The molecule has 0 radical (unpaired) electrons. The molecule has 1 amide bonds. The van der Waals surface area contributed by atoms with E-state index in [0.29, 0.717) is 6.54 Å². The first-order valence-corrected chi connectivity index (χ1v) is 6.04. The van der Waals surface area contributed by atoms with Crippen molar-refractivity contribution in [3.63, 3.8) is 0 Å². The lowest BCUT2D eigenvalue weighted by atomic mass is 10.1. The van der Waals surface area contributed by atoms with Crippen LogP contribution in [0.25, 0.3) is 0 Å². The van der Waals surface area contributed by atoms with E-state index in [1.165, 1.54) is 7.11 Å². The number of ether oxygens (including phenoxy) is 1. The van der Waals surface area contributed by atoms with Crippen LogP contribution in [0, 0.1) is 11.8 Å². The van der Waals surface area contributed by atoms with Crippen molar-refractivity contribution in [2.45, 2.75) is 32.2 Å². The monoisotopic (exact) mass is 278 g/mol. The van der Waals surface area contributed by atoms with Crippen molar-refractivity contribution in [2.75, 3.05) is 20.7 Å². The van der Waals surface area contributed by atoms with Crippen molar-refractivity contribution in [1.29, 1.82) is 0 Å². The Morgan fingerprint density at radius 1 is 1.44 bits per heavy atom. The van der Waals surface area contributed by atoms with Crippen molar-refractivity contribution < 1.29 is 14.3 Å². The highest BCUT2D eigenvalue weighted by atomic mass is 35.5. The smallest absolute Gasteiger partial charge is 0.310 e. The van der Waals surface area contributed by atoms with Crippen LogP contribution in [0.4, 0.5) is 0 Å². The van der Waals surface area contributed by atoms with Gasteiger partial charge in [-0.25, -0.2) is 0 Å². The lowest BCUT2D eigenvalue weighted by Gasteiger charge is -2.23. The van der Waals surface area contributed by atoms with Crippen molar-refractivity contribution in [1.82, 2.24) is 4.90 Å². The van der Waals surface area contributed by atoms with E-state index in [1.807, 2.05) is 0 Å². The molecule has 0 aliphatic heterocycles. The summed E-state index contributed by atoms with van der Waals surface area (Å²) in [6.07, 6.45) is 2.53. The van der Waals surface area contributed by atoms with Gasteiger partial charge in [0.05, 0.1) is 13.0 Å². The Bertz CT molecular complexity index is 299. The number of methoxy groups -OCH3 is 1. The molecule has 0 bridgehead atoms. The highest BCUT2D eigenvalue weighted by Gasteiger charge is 2.30. The van der Waals surface area contributed by atoms with Gasteiger partial charge in [-0.15, -0.1) is 12.4 Å². The summed E-state index contributed by atoms with van der Waals surface area (Å²) < 4.78 is 4.64. The van der Waals surface area contributed by atoms with Crippen LogP contribution in [0.3, 0.4) is 0 Å². The van der Waals surface area contributed by atoms with Crippen LogP contribution >= 0.6 is 12.4 Å². The molecule has 1 aliphatic carbocycles. The third-order valence-electron chi connectivity index (χ3n) is 3.35. The molecule has 0 aromatic rings. The summed E-state index contributed by atoms with van der Waals surface area (Å²) in [6, 6.07) is 0.149. The number of esters is 1. The first kappa shape index (κ1) is 17.2. The minimum absolute atomic E-state index is 0. The minimum Gasteiger partial charge on any atom is -0.469 e. The Kier molecular flexibility index (Phi) is 7.25. The van der Waals surface area contributed by atoms with E-state index < -0.39 is 0 Å². The van der Waals surface area contributed by atoms with Gasteiger partial charge in [-0.2, -0.15) is 0 Å². The molecule has 3 atom stereocenters. The summed E-state index contributed by atoms with van der Waals surface area (Å²) in [5.74, 6) is -0.453. The number of amides is 1. The van der Waals surface area contributed by atoms with E-state index >= 15 is 0 Å². The zero-order valence-electron chi connectivity index (χ0n) is 11.2. The van der Waals surface area contributed by atoms with Gasteiger partial charge in [0.1, 0.15) is 0 Å². The summed E-state index contributed by atoms with van der Waals surface area (Å²) in [5, 5.41) is 0.